The highest BCUT2D eigenvalue weighted by Crippen LogP contribution is 2.11. The van der Waals surface area contributed by atoms with Crippen molar-refractivity contribution < 1.29 is 9.13 Å². The van der Waals surface area contributed by atoms with E-state index in [-0.39, 0.29) is 6.61 Å². The minimum Gasteiger partial charge on any atom is -0.491 e. The van der Waals surface area contributed by atoms with Gasteiger partial charge in [-0.1, -0.05) is 25.0 Å². The molecule has 1 heterocycles. The van der Waals surface area contributed by atoms with Crippen LogP contribution in [-0.2, 0) is 0 Å². The van der Waals surface area contributed by atoms with E-state index < -0.39 is 6.67 Å². The number of halogens is 1. The van der Waals surface area contributed by atoms with Crippen molar-refractivity contribution in [1.82, 2.24) is 5.32 Å². The van der Waals surface area contributed by atoms with E-state index in [1.807, 2.05) is 24.3 Å². The van der Waals surface area contributed by atoms with E-state index in [1.54, 1.807) is 18.5 Å². The summed E-state index contributed by atoms with van der Waals surface area (Å²) in [5.41, 5.74) is 1.65. The van der Waals surface area contributed by atoms with E-state index in [0.717, 1.165) is 17.8 Å². The fourth-order valence-electron chi connectivity index (χ4n) is 1.79. The van der Waals surface area contributed by atoms with Crippen molar-refractivity contribution in [2.75, 3.05) is 19.8 Å². The van der Waals surface area contributed by atoms with E-state index in [0.29, 0.717) is 11.7 Å². The number of alkyl halides is 1. The van der Waals surface area contributed by atoms with Crippen molar-refractivity contribution in [2.45, 2.75) is 6.92 Å². The van der Waals surface area contributed by atoms with Crippen LogP contribution in [0.15, 0.2) is 53.2 Å². The van der Waals surface area contributed by atoms with E-state index in [2.05, 4.69) is 35.1 Å². The molecule has 1 N–H and O–H groups in total. The van der Waals surface area contributed by atoms with Crippen LogP contribution in [0, 0.1) is 17.8 Å². The van der Waals surface area contributed by atoms with Gasteiger partial charge in [0.1, 0.15) is 19.0 Å². The smallest absolute Gasteiger partial charge is 0.123 e. The zero-order valence-corrected chi connectivity index (χ0v) is 12.6. The summed E-state index contributed by atoms with van der Waals surface area (Å²) >= 11 is 0. The van der Waals surface area contributed by atoms with Gasteiger partial charge < -0.3 is 10.1 Å². The summed E-state index contributed by atoms with van der Waals surface area (Å²) in [6.07, 6.45) is 7.70. The molecule has 114 valence electrons. The lowest BCUT2D eigenvalue weighted by atomic mass is 10.1. The predicted molar refractivity (Wildman–Crippen MR) is 87.7 cm³/mol. The monoisotopic (exact) mass is 298 g/mol. The molecule has 4 heteroatoms. The van der Waals surface area contributed by atoms with Crippen LogP contribution in [0.4, 0.5) is 4.39 Å². The van der Waals surface area contributed by atoms with Crippen LogP contribution in [0.3, 0.4) is 0 Å². The number of benzene rings is 1. The Kier molecular flexibility index (Phi) is 6.25. The van der Waals surface area contributed by atoms with Gasteiger partial charge in [0.15, 0.2) is 0 Å². The summed E-state index contributed by atoms with van der Waals surface area (Å²) in [4.78, 5) is 4.27. The maximum absolute atomic E-state index is 12.0. The van der Waals surface area contributed by atoms with Crippen molar-refractivity contribution in [3.8, 4) is 17.6 Å². The third-order valence-electron chi connectivity index (χ3n) is 2.95. The lowest BCUT2D eigenvalue weighted by Gasteiger charge is -2.02. The summed E-state index contributed by atoms with van der Waals surface area (Å²) in [5, 5.41) is 3.07. The molecule has 0 saturated heterocycles. The van der Waals surface area contributed by atoms with Gasteiger partial charge in [-0.05, 0) is 42.2 Å². The zero-order chi connectivity index (χ0) is 15.6. The second kappa shape index (κ2) is 8.68. The van der Waals surface area contributed by atoms with Gasteiger partial charge in [0.25, 0.3) is 0 Å². The number of rotatable bonds is 3. The van der Waals surface area contributed by atoms with Crippen LogP contribution in [0.1, 0.15) is 12.5 Å². The Morgan fingerprint density at radius 2 is 2.14 bits per heavy atom. The Bertz CT molecular complexity index is 621. The van der Waals surface area contributed by atoms with E-state index in [9.17, 15) is 4.39 Å². The SMILES string of the molecule is CC1/C=C/C=C(/C#Cc2ccc(OCCF)cc2)N/C=N/C1. The number of allylic oxidation sites excluding steroid dienone is 3. The Morgan fingerprint density at radius 3 is 2.91 bits per heavy atom. The number of hydrogen-bond acceptors (Lipinski definition) is 3. The molecule has 22 heavy (non-hydrogen) atoms. The molecular weight excluding hydrogens is 279 g/mol. The van der Waals surface area contributed by atoms with Crippen molar-refractivity contribution in [3.63, 3.8) is 0 Å². The highest BCUT2D eigenvalue weighted by atomic mass is 19.1. The minimum absolute atomic E-state index is 0.0753. The molecule has 0 amide bonds. The Hall–Kier alpha value is -2.54. The molecule has 0 aliphatic carbocycles. The molecule has 1 atom stereocenters. The van der Waals surface area contributed by atoms with Gasteiger partial charge >= 0.3 is 0 Å². The van der Waals surface area contributed by atoms with E-state index in [1.165, 1.54) is 0 Å². The van der Waals surface area contributed by atoms with Crippen molar-refractivity contribution in [3.05, 3.63) is 53.8 Å². The summed E-state index contributed by atoms with van der Waals surface area (Å²) < 4.78 is 17.2. The number of aliphatic imine (C=N–C) groups is 1. The largest absolute Gasteiger partial charge is 0.491 e. The minimum atomic E-state index is -0.491. The van der Waals surface area contributed by atoms with Crippen molar-refractivity contribution in [1.29, 1.82) is 0 Å². The molecule has 2 rings (SSSR count). The molecule has 0 spiro atoms. The maximum Gasteiger partial charge on any atom is 0.123 e. The van der Waals surface area contributed by atoms with Gasteiger partial charge in [-0.15, -0.1) is 0 Å². The number of ether oxygens (including phenoxy) is 1. The Labute approximate surface area is 130 Å². The number of nitrogens with one attached hydrogen (secondary N) is 1. The van der Waals surface area contributed by atoms with E-state index in [4.69, 9.17) is 4.74 Å². The Balaban J connectivity index is 2.04. The highest BCUT2D eigenvalue weighted by molar-refractivity contribution is 5.60. The average molecular weight is 298 g/mol. The summed E-state index contributed by atoms with van der Waals surface area (Å²) in [6.45, 7) is 2.46. The molecule has 3 nitrogen and oxygen atoms in total. The number of hydrogen-bond donors (Lipinski definition) is 1. The lowest BCUT2D eigenvalue weighted by Crippen LogP contribution is -2.09. The fraction of sp³-hybridized carbons (Fsp3) is 0.278. The van der Waals surface area contributed by atoms with Crippen LogP contribution in [0.25, 0.3) is 0 Å². The van der Waals surface area contributed by atoms with Gasteiger partial charge in [-0.3, -0.25) is 4.99 Å². The third kappa shape index (κ3) is 5.45. The molecule has 0 aromatic heterocycles. The number of nitrogens with zero attached hydrogens (tertiary/aromatic N) is 1. The lowest BCUT2D eigenvalue weighted by molar-refractivity contribution is 0.273. The first-order valence-corrected chi connectivity index (χ1v) is 7.22. The maximum atomic E-state index is 12.0. The zero-order valence-electron chi connectivity index (χ0n) is 12.6. The first-order valence-electron chi connectivity index (χ1n) is 7.22. The molecule has 0 radical (unpaired) electrons. The van der Waals surface area contributed by atoms with Crippen LogP contribution in [0.2, 0.25) is 0 Å². The molecule has 1 aliphatic heterocycles. The van der Waals surface area contributed by atoms with Crippen LogP contribution in [-0.4, -0.2) is 26.2 Å². The first-order chi connectivity index (χ1) is 10.8. The standard InChI is InChI=1S/C18H19FN2O/c1-15-3-2-4-17(21-14-20-13-15)8-5-16-6-9-18(10-7-16)22-12-11-19/h2-4,6-7,9-10,14-15H,11-13H2,1H3,(H,20,21)/b3-2+,17-4-. The molecule has 1 aromatic carbocycles. The van der Waals surface area contributed by atoms with Crippen molar-refractivity contribution in [2.24, 2.45) is 10.9 Å². The summed E-state index contributed by atoms with van der Waals surface area (Å²) in [6, 6.07) is 7.27. The van der Waals surface area contributed by atoms with Gasteiger partial charge in [0.2, 0.25) is 0 Å². The third-order valence-corrected chi connectivity index (χ3v) is 2.95. The van der Waals surface area contributed by atoms with E-state index >= 15 is 0 Å². The molecule has 0 saturated carbocycles. The summed E-state index contributed by atoms with van der Waals surface area (Å²) in [5.74, 6) is 7.20. The normalized spacial score (nSPS) is 22.5. The molecule has 0 bridgehead atoms. The first kappa shape index (κ1) is 15.8. The molecule has 1 aliphatic rings. The molecule has 1 unspecified atom stereocenters. The van der Waals surface area contributed by atoms with Gasteiger partial charge in [-0.25, -0.2) is 4.39 Å². The second-order valence-electron chi connectivity index (χ2n) is 4.89. The van der Waals surface area contributed by atoms with Gasteiger partial charge in [0, 0.05) is 12.1 Å². The quantitative estimate of drug-likeness (QED) is 0.870. The summed E-state index contributed by atoms with van der Waals surface area (Å²) in [7, 11) is 0. The van der Waals surface area contributed by atoms with Gasteiger partial charge in [0.05, 0.1) is 12.0 Å². The molecule has 1 aromatic rings. The molecular formula is C18H19FN2O. The van der Waals surface area contributed by atoms with Gasteiger partial charge in [-0.2, -0.15) is 0 Å². The average Bonchev–Trinajstić information content (AvgIpc) is 2.64. The molecule has 0 fully saturated rings. The van der Waals surface area contributed by atoms with Crippen LogP contribution >= 0.6 is 0 Å². The fourth-order valence-corrected chi connectivity index (χ4v) is 1.79. The predicted octanol–water partition coefficient (Wildman–Crippen LogP) is 3.09. The van der Waals surface area contributed by atoms with Crippen molar-refractivity contribution >= 4 is 6.34 Å². The highest BCUT2D eigenvalue weighted by Gasteiger charge is 1.96. The Morgan fingerprint density at radius 1 is 1.32 bits per heavy atom. The topological polar surface area (TPSA) is 33.6 Å². The second-order valence-corrected chi connectivity index (χ2v) is 4.89. The van der Waals surface area contributed by atoms with Crippen LogP contribution < -0.4 is 10.1 Å². The van der Waals surface area contributed by atoms with Crippen LogP contribution in [0.5, 0.6) is 5.75 Å².